The van der Waals surface area contributed by atoms with E-state index >= 15 is 0 Å². The van der Waals surface area contributed by atoms with Gasteiger partial charge >= 0.3 is 0 Å². The van der Waals surface area contributed by atoms with E-state index < -0.39 is 5.82 Å². The molecule has 0 heterocycles. The molecule has 0 radical (unpaired) electrons. The highest BCUT2D eigenvalue weighted by Crippen LogP contribution is 2.29. The third kappa shape index (κ3) is 3.37. The molecule has 0 bridgehead atoms. The molecule has 0 atom stereocenters. The number of carbonyl (C=O) groups is 1. The summed E-state index contributed by atoms with van der Waals surface area (Å²) in [4.78, 5) is 14.5. The Morgan fingerprint density at radius 2 is 2.25 bits per heavy atom. The Balaban J connectivity index is 2.32. The lowest BCUT2D eigenvalue weighted by atomic mass is 10.1. The van der Waals surface area contributed by atoms with Crippen molar-refractivity contribution >= 4 is 5.91 Å². The van der Waals surface area contributed by atoms with Crippen molar-refractivity contribution in [1.29, 1.82) is 0 Å². The standard InChI is InChI=1S/C16H19FN2O/c1-2-10-19(14-6-7-14)16(20)15-8-5-13(17)11-12(15)4-3-9-18/h5,8,11,14H,2,6-7,9-10,18H2,1H3. The maximum atomic E-state index is 13.3. The highest BCUT2D eigenvalue weighted by Gasteiger charge is 2.33. The third-order valence-corrected chi connectivity index (χ3v) is 3.25. The first-order valence-corrected chi connectivity index (χ1v) is 6.96. The average Bonchev–Trinajstić information content (AvgIpc) is 3.26. The van der Waals surface area contributed by atoms with E-state index in [0.717, 1.165) is 25.8 Å². The molecule has 4 heteroatoms. The Morgan fingerprint density at radius 1 is 1.50 bits per heavy atom. The van der Waals surface area contributed by atoms with Crippen molar-refractivity contribution in [1.82, 2.24) is 4.90 Å². The van der Waals surface area contributed by atoms with Gasteiger partial charge in [0.25, 0.3) is 5.91 Å². The van der Waals surface area contributed by atoms with Crippen molar-refractivity contribution in [2.75, 3.05) is 13.1 Å². The van der Waals surface area contributed by atoms with Crippen LogP contribution in [0.4, 0.5) is 4.39 Å². The molecule has 1 aromatic rings. The van der Waals surface area contributed by atoms with E-state index in [1.54, 1.807) is 0 Å². The predicted octanol–water partition coefficient (Wildman–Crippen LogP) is 2.15. The van der Waals surface area contributed by atoms with Gasteiger partial charge in [-0.3, -0.25) is 4.79 Å². The Morgan fingerprint density at radius 3 is 2.85 bits per heavy atom. The molecule has 1 aliphatic carbocycles. The molecule has 3 nitrogen and oxygen atoms in total. The normalized spacial score (nSPS) is 13.6. The topological polar surface area (TPSA) is 46.3 Å². The molecule has 0 aliphatic heterocycles. The molecule has 20 heavy (non-hydrogen) atoms. The maximum Gasteiger partial charge on any atom is 0.255 e. The smallest absolute Gasteiger partial charge is 0.255 e. The molecule has 0 unspecified atom stereocenters. The summed E-state index contributed by atoms with van der Waals surface area (Å²) in [5.41, 5.74) is 6.23. The Kier molecular flexibility index (Phi) is 4.75. The largest absolute Gasteiger partial charge is 0.336 e. The molecular formula is C16H19FN2O. The first-order chi connectivity index (χ1) is 9.67. The lowest BCUT2D eigenvalue weighted by Gasteiger charge is -2.22. The van der Waals surface area contributed by atoms with Gasteiger partial charge in [0, 0.05) is 18.2 Å². The molecular weight excluding hydrogens is 255 g/mol. The van der Waals surface area contributed by atoms with Crippen molar-refractivity contribution < 1.29 is 9.18 Å². The van der Waals surface area contributed by atoms with Crippen molar-refractivity contribution in [2.45, 2.75) is 32.2 Å². The second-order valence-corrected chi connectivity index (χ2v) is 4.93. The van der Waals surface area contributed by atoms with Crippen LogP contribution in [-0.4, -0.2) is 29.9 Å². The number of hydrogen-bond acceptors (Lipinski definition) is 2. The number of benzene rings is 1. The first-order valence-electron chi connectivity index (χ1n) is 6.96. The first kappa shape index (κ1) is 14.5. The van der Waals surface area contributed by atoms with Gasteiger partial charge in [-0.2, -0.15) is 0 Å². The lowest BCUT2D eigenvalue weighted by molar-refractivity contribution is 0.0743. The van der Waals surface area contributed by atoms with Gasteiger partial charge in [-0.05, 0) is 37.5 Å². The quantitative estimate of drug-likeness (QED) is 0.855. The zero-order valence-electron chi connectivity index (χ0n) is 11.7. The molecule has 1 amide bonds. The van der Waals surface area contributed by atoms with Crippen LogP contribution in [0.25, 0.3) is 0 Å². The van der Waals surface area contributed by atoms with E-state index in [1.165, 1.54) is 18.2 Å². The van der Waals surface area contributed by atoms with Gasteiger partial charge in [-0.1, -0.05) is 18.8 Å². The minimum Gasteiger partial charge on any atom is -0.336 e. The summed E-state index contributed by atoms with van der Waals surface area (Å²) in [5, 5.41) is 0. The summed E-state index contributed by atoms with van der Waals surface area (Å²) in [5.74, 6) is 5.02. The van der Waals surface area contributed by atoms with Crippen LogP contribution in [0.1, 0.15) is 42.1 Å². The number of carbonyl (C=O) groups excluding carboxylic acids is 1. The van der Waals surface area contributed by atoms with Crippen LogP contribution in [0.15, 0.2) is 18.2 Å². The van der Waals surface area contributed by atoms with Crippen molar-refractivity contribution in [3.05, 3.63) is 35.1 Å². The lowest BCUT2D eigenvalue weighted by Crippen LogP contribution is -2.34. The van der Waals surface area contributed by atoms with Crippen LogP contribution in [-0.2, 0) is 0 Å². The van der Waals surface area contributed by atoms with Crippen molar-refractivity contribution in [3.63, 3.8) is 0 Å². The number of nitrogens with zero attached hydrogens (tertiary/aromatic N) is 1. The summed E-state index contributed by atoms with van der Waals surface area (Å²) < 4.78 is 13.3. The van der Waals surface area contributed by atoms with Gasteiger partial charge in [0.2, 0.25) is 0 Å². The molecule has 1 aromatic carbocycles. The molecule has 1 fully saturated rings. The highest BCUT2D eigenvalue weighted by molar-refractivity contribution is 5.97. The second-order valence-electron chi connectivity index (χ2n) is 4.93. The van der Waals surface area contributed by atoms with Gasteiger partial charge in [0.05, 0.1) is 12.1 Å². The summed E-state index contributed by atoms with van der Waals surface area (Å²) in [6, 6.07) is 4.46. The van der Waals surface area contributed by atoms with E-state index in [1.807, 2.05) is 11.8 Å². The van der Waals surface area contributed by atoms with Gasteiger partial charge in [-0.15, -0.1) is 0 Å². The SMILES string of the molecule is CCCN(C(=O)c1ccc(F)cc1C#CCN)C1CC1. The maximum absolute atomic E-state index is 13.3. The molecule has 1 saturated carbocycles. The number of amides is 1. The number of halogens is 1. The summed E-state index contributed by atoms with van der Waals surface area (Å²) in [7, 11) is 0. The summed E-state index contributed by atoms with van der Waals surface area (Å²) in [6.45, 7) is 2.96. The fraction of sp³-hybridized carbons (Fsp3) is 0.438. The van der Waals surface area contributed by atoms with E-state index in [0.29, 0.717) is 17.2 Å². The van der Waals surface area contributed by atoms with Crippen LogP contribution >= 0.6 is 0 Å². The number of rotatable bonds is 4. The summed E-state index contributed by atoms with van der Waals surface area (Å²) >= 11 is 0. The molecule has 0 spiro atoms. The van der Waals surface area contributed by atoms with Crippen molar-refractivity contribution in [3.8, 4) is 11.8 Å². The van der Waals surface area contributed by atoms with Crippen molar-refractivity contribution in [2.24, 2.45) is 5.73 Å². The molecule has 2 rings (SSSR count). The Bertz CT molecular complexity index is 555. The molecule has 2 N–H and O–H groups in total. The molecule has 0 saturated heterocycles. The van der Waals surface area contributed by atoms with E-state index in [-0.39, 0.29) is 12.5 Å². The Labute approximate surface area is 119 Å². The van der Waals surface area contributed by atoms with Crippen LogP contribution < -0.4 is 5.73 Å². The zero-order chi connectivity index (χ0) is 14.5. The minimum absolute atomic E-state index is 0.0596. The van der Waals surface area contributed by atoms with Gasteiger partial charge in [0.1, 0.15) is 5.82 Å². The number of hydrogen-bond donors (Lipinski definition) is 1. The molecule has 1 aliphatic rings. The fourth-order valence-corrected chi connectivity index (χ4v) is 2.18. The minimum atomic E-state index is -0.392. The molecule has 106 valence electrons. The third-order valence-electron chi connectivity index (χ3n) is 3.25. The van der Waals surface area contributed by atoms with E-state index in [9.17, 15) is 9.18 Å². The van der Waals surface area contributed by atoms with Crippen LogP contribution in [0, 0.1) is 17.7 Å². The highest BCUT2D eigenvalue weighted by atomic mass is 19.1. The van der Waals surface area contributed by atoms with Crippen LogP contribution in [0.3, 0.4) is 0 Å². The van der Waals surface area contributed by atoms with Gasteiger partial charge in [0.15, 0.2) is 0 Å². The second kappa shape index (κ2) is 6.53. The number of nitrogens with two attached hydrogens (primary N) is 1. The summed E-state index contributed by atoms with van der Waals surface area (Å²) in [6.07, 6.45) is 3.01. The Hall–Kier alpha value is -1.86. The van der Waals surface area contributed by atoms with E-state index in [2.05, 4.69) is 11.8 Å². The fourth-order valence-electron chi connectivity index (χ4n) is 2.18. The van der Waals surface area contributed by atoms with E-state index in [4.69, 9.17) is 5.73 Å². The monoisotopic (exact) mass is 274 g/mol. The van der Waals surface area contributed by atoms with Crippen LogP contribution in [0.2, 0.25) is 0 Å². The molecule has 0 aromatic heterocycles. The average molecular weight is 274 g/mol. The van der Waals surface area contributed by atoms with Crippen LogP contribution in [0.5, 0.6) is 0 Å². The van der Waals surface area contributed by atoms with Gasteiger partial charge < -0.3 is 10.6 Å². The predicted molar refractivity (Wildman–Crippen MR) is 76.7 cm³/mol. The van der Waals surface area contributed by atoms with Gasteiger partial charge in [-0.25, -0.2) is 4.39 Å². The zero-order valence-corrected chi connectivity index (χ0v) is 11.7.